The molecule has 1 fully saturated rings. The molecule has 0 bridgehead atoms. The van der Waals surface area contributed by atoms with Gasteiger partial charge in [0.15, 0.2) is 0 Å². The van der Waals surface area contributed by atoms with E-state index in [0.29, 0.717) is 61.5 Å². The highest BCUT2D eigenvalue weighted by atomic mass is 32.2. The molecule has 13 heteroatoms. The van der Waals surface area contributed by atoms with Crippen molar-refractivity contribution in [2.45, 2.75) is 46.5 Å². The number of hydrogen-bond donors (Lipinski definition) is 1. The number of thiol groups is 1. The van der Waals surface area contributed by atoms with Gasteiger partial charge in [-0.3, -0.25) is 24.1 Å². The van der Waals surface area contributed by atoms with Gasteiger partial charge in [0.25, 0.3) is 0 Å². The molecule has 0 aliphatic carbocycles. The van der Waals surface area contributed by atoms with Crippen molar-refractivity contribution < 1.29 is 33.4 Å². The fourth-order valence-electron chi connectivity index (χ4n) is 1.99. The van der Waals surface area contributed by atoms with Gasteiger partial charge in [0, 0.05) is 25.1 Å². The molecule has 1 heterocycles. The van der Waals surface area contributed by atoms with E-state index in [9.17, 15) is 19.2 Å². The molecule has 188 valence electrons. The summed E-state index contributed by atoms with van der Waals surface area (Å²) in [4.78, 5) is 44.7. The molecule has 33 heavy (non-hydrogen) atoms. The maximum Gasteiger partial charge on any atom is 0.315 e. The van der Waals surface area contributed by atoms with Crippen molar-refractivity contribution in [1.29, 1.82) is 5.26 Å². The molecule has 1 aliphatic heterocycles. The van der Waals surface area contributed by atoms with Crippen LogP contribution in [0, 0.1) is 10.7 Å². The van der Waals surface area contributed by atoms with Gasteiger partial charge >= 0.3 is 17.9 Å². The third-order valence-electron chi connectivity index (χ3n) is 3.34. The zero-order chi connectivity index (χ0) is 25.5. The van der Waals surface area contributed by atoms with E-state index in [1.54, 1.807) is 25.7 Å². The van der Waals surface area contributed by atoms with E-state index in [1.807, 2.05) is 5.40 Å². The first-order valence-corrected chi connectivity index (χ1v) is 13.3. The standard InChI is InChI=1S/C9H13NO3S2.C7H11NO2S.C4H8O2S/c1-2-13-8(12)4-3-5-10-7(11)6-15-9(10)14;1-2-10-7(9)4-3-5-11-6-8;1-2-6-4(5)3-7/h2-6H2,1H3;2-5H2,1H3;7H,2-3H2,1H3. The molecule has 0 radical (unpaired) electrons. The minimum atomic E-state index is -0.258. The molecule has 1 saturated heterocycles. The summed E-state index contributed by atoms with van der Waals surface area (Å²) in [5.74, 6) is 0.690. The van der Waals surface area contributed by atoms with Crippen LogP contribution in [0.2, 0.25) is 0 Å². The lowest BCUT2D eigenvalue weighted by Gasteiger charge is -2.13. The van der Waals surface area contributed by atoms with E-state index in [-0.39, 0.29) is 29.6 Å². The van der Waals surface area contributed by atoms with Crippen LogP contribution in [0.3, 0.4) is 0 Å². The molecule has 1 aliphatic rings. The summed E-state index contributed by atoms with van der Waals surface area (Å²) in [6, 6.07) is 0. The van der Waals surface area contributed by atoms with Crippen molar-refractivity contribution in [2.75, 3.05) is 43.6 Å². The van der Waals surface area contributed by atoms with Gasteiger partial charge in [-0.1, -0.05) is 24.0 Å². The zero-order valence-corrected chi connectivity index (χ0v) is 22.5. The Morgan fingerprint density at radius 2 is 1.58 bits per heavy atom. The van der Waals surface area contributed by atoms with Gasteiger partial charge in [0.1, 0.15) is 9.72 Å². The van der Waals surface area contributed by atoms with E-state index in [0.717, 1.165) is 6.42 Å². The lowest BCUT2D eigenvalue weighted by molar-refractivity contribution is -0.144. The number of hydrogen-bond acceptors (Lipinski definition) is 12. The summed E-state index contributed by atoms with van der Waals surface area (Å²) in [5.41, 5.74) is 0. The Balaban J connectivity index is 0. The quantitative estimate of drug-likeness (QED) is 0.0980. The van der Waals surface area contributed by atoms with Crippen molar-refractivity contribution in [2.24, 2.45) is 0 Å². The number of nitriles is 1. The summed E-state index contributed by atoms with van der Waals surface area (Å²) in [6.07, 6.45) is 2.08. The number of nitrogens with zero attached hydrogens (tertiary/aromatic N) is 2. The summed E-state index contributed by atoms with van der Waals surface area (Å²) in [5, 5.41) is 10.1. The number of thiocarbonyl (C=S) groups is 1. The Bertz CT molecular complexity index is 641. The number of amides is 1. The molecular formula is C20H32N2O7S4. The molecule has 0 saturated carbocycles. The number of esters is 3. The van der Waals surface area contributed by atoms with Crippen LogP contribution >= 0.6 is 48.4 Å². The van der Waals surface area contributed by atoms with Crippen molar-refractivity contribution in [3.63, 3.8) is 0 Å². The van der Waals surface area contributed by atoms with Gasteiger partial charge < -0.3 is 14.2 Å². The Kier molecular flexibility index (Phi) is 24.1. The zero-order valence-electron chi connectivity index (χ0n) is 19.2. The number of ether oxygens (including phenoxy) is 3. The van der Waals surface area contributed by atoms with Crippen LogP contribution < -0.4 is 0 Å². The topological polar surface area (TPSA) is 123 Å². The second-order valence-corrected chi connectivity index (χ2v) is 8.62. The van der Waals surface area contributed by atoms with Crippen molar-refractivity contribution in [3.8, 4) is 5.40 Å². The molecule has 0 atom stereocenters. The van der Waals surface area contributed by atoms with E-state index >= 15 is 0 Å². The second-order valence-electron chi connectivity index (χ2n) is 5.82. The molecule has 0 N–H and O–H groups in total. The predicted molar refractivity (Wildman–Crippen MR) is 137 cm³/mol. The van der Waals surface area contributed by atoms with Gasteiger partial charge in [-0.25, -0.2) is 0 Å². The normalized spacial score (nSPS) is 11.9. The van der Waals surface area contributed by atoms with Crippen LogP contribution in [-0.4, -0.2) is 76.7 Å². The first-order chi connectivity index (χ1) is 15.8. The van der Waals surface area contributed by atoms with Crippen LogP contribution in [0.4, 0.5) is 0 Å². The molecule has 0 unspecified atom stereocenters. The van der Waals surface area contributed by atoms with Gasteiger partial charge in [-0.05, 0) is 45.4 Å². The van der Waals surface area contributed by atoms with Gasteiger partial charge in [-0.2, -0.15) is 17.9 Å². The molecule has 9 nitrogen and oxygen atoms in total. The van der Waals surface area contributed by atoms with Crippen molar-refractivity contribution in [3.05, 3.63) is 0 Å². The van der Waals surface area contributed by atoms with Crippen LogP contribution in [0.5, 0.6) is 0 Å². The largest absolute Gasteiger partial charge is 0.466 e. The minimum Gasteiger partial charge on any atom is -0.466 e. The Morgan fingerprint density at radius 1 is 1.06 bits per heavy atom. The summed E-state index contributed by atoms with van der Waals surface area (Å²) < 4.78 is 14.6. The first kappa shape index (κ1) is 33.7. The average Bonchev–Trinajstić information content (AvgIpc) is 3.10. The summed E-state index contributed by atoms with van der Waals surface area (Å²) >= 11 is 11.2. The second kappa shape index (κ2) is 23.7. The average molecular weight is 541 g/mol. The molecule has 0 aromatic rings. The number of carbonyl (C=O) groups excluding carboxylic acids is 4. The highest BCUT2D eigenvalue weighted by Crippen LogP contribution is 2.19. The lowest BCUT2D eigenvalue weighted by atomic mass is 10.3. The highest BCUT2D eigenvalue weighted by molar-refractivity contribution is 8.23. The Hall–Kier alpha value is -1.49. The van der Waals surface area contributed by atoms with Gasteiger partial charge in [0.05, 0.1) is 31.3 Å². The predicted octanol–water partition coefficient (Wildman–Crippen LogP) is 3.21. The summed E-state index contributed by atoms with van der Waals surface area (Å²) in [6.45, 7) is 7.11. The van der Waals surface area contributed by atoms with E-state index in [2.05, 4.69) is 17.4 Å². The molecule has 1 rings (SSSR count). The lowest BCUT2D eigenvalue weighted by Crippen LogP contribution is -2.29. The molecule has 0 aromatic carbocycles. The molecular weight excluding hydrogens is 508 g/mol. The fraction of sp³-hybridized carbons (Fsp3) is 0.700. The van der Waals surface area contributed by atoms with Crippen LogP contribution in [0.25, 0.3) is 0 Å². The first-order valence-electron chi connectivity index (χ1n) is 10.3. The van der Waals surface area contributed by atoms with E-state index in [1.165, 1.54) is 23.5 Å². The number of carbonyl (C=O) groups is 4. The third-order valence-corrected chi connectivity index (χ3v) is 5.65. The van der Waals surface area contributed by atoms with Crippen molar-refractivity contribution in [1.82, 2.24) is 4.90 Å². The van der Waals surface area contributed by atoms with E-state index in [4.69, 9.17) is 27.0 Å². The number of thioether (sulfide) groups is 2. The SMILES string of the molecule is CCOC(=O)CCCN1C(=O)CSC1=S.CCOC(=O)CCCSC#N.CCOC(=O)CS. The highest BCUT2D eigenvalue weighted by Gasteiger charge is 2.25. The van der Waals surface area contributed by atoms with Crippen molar-refractivity contribution >= 4 is 76.5 Å². The third kappa shape index (κ3) is 20.8. The van der Waals surface area contributed by atoms with Gasteiger partial charge in [-0.15, -0.1) is 0 Å². The summed E-state index contributed by atoms with van der Waals surface area (Å²) in [7, 11) is 0. The Labute approximate surface area is 215 Å². The maximum atomic E-state index is 11.3. The molecule has 0 spiro atoms. The van der Waals surface area contributed by atoms with E-state index < -0.39 is 0 Å². The number of rotatable bonds is 12. The fourth-order valence-corrected chi connectivity index (χ4v) is 3.58. The molecule has 0 aromatic heterocycles. The smallest absolute Gasteiger partial charge is 0.315 e. The molecule has 1 amide bonds. The van der Waals surface area contributed by atoms with Crippen LogP contribution in [-0.2, 0) is 33.4 Å². The monoisotopic (exact) mass is 540 g/mol. The Morgan fingerprint density at radius 3 is 1.97 bits per heavy atom. The van der Waals surface area contributed by atoms with Gasteiger partial charge in [0.2, 0.25) is 5.91 Å². The van der Waals surface area contributed by atoms with Crippen LogP contribution in [0.1, 0.15) is 46.5 Å². The minimum absolute atomic E-state index is 0.0360. The van der Waals surface area contributed by atoms with Crippen LogP contribution in [0.15, 0.2) is 0 Å². The maximum absolute atomic E-state index is 11.3. The number of thiocyanates is 1.